The van der Waals surface area contributed by atoms with E-state index in [1.807, 2.05) is 22.9 Å². The smallest absolute Gasteiger partial charge is 0.293 e. The molecule has 0 radical (unpaired) electrons. The standard InChI is InChI=1S/C12H14N2O2S/c1-17-9-3-7-13-8-6-10-4-2-5-11(12(10)13)14(15)16/h2,4-6,8H,3,7,9H2,1H3. The van der Waals surface area contributed by atoms with Gasteiger partial charge in [-0.05, 0) is 24.5 Å². The van der Waals surface area contributed by atoms with Gasteiger partial charge < -0.3 is 4.57 Å². The molecule has 0 bridgehead atoms. The number of hydrogen-bond donors (Lipinski definition) is 0. The Kier molecular flexibility index (Phi) is 3.68. The Hall–Kier alpha value is -1.49. The summed E-state index contributed by atoms with van der Waals surface area (Å²) in [5.74, 6) is 1.07. The van der Waals surface area contributed by atoms with Crippen molar-refractivity contribution in [1.29, 1.82) is 0 Å². The lowest BCUT2D eigenvalue weighted by Gasteiger charge is -2.04. The van der Waals surface area contributed by atoms with Crippen LogP contribution in [0, 0.1) is 10.1 Å². The zero-order valence-corrected chi connectivity index (χ0v) is 10.4. The number of fused-ring (bicyclic) bond motifs is 1. The second-order valence-electron chi connectivity index (χ2n) is 3.83. The Morgan fingerprint density at radius 2 is 2.24 bits per heavy atom. The normalized spacial score (nSPS) is 10.9. The lowest BCUT2D eigenvalue weighted by molar-refractivity contribution is -0.383. The summed E-state index contributed by atoms with van der Waals surface area (Å²) in [5, 5.41) is 11.9. The summed E-state index contributed by atoms with van der Waals surface area (Å²) in [6, 6.07) is 7.13. The molecule has 0 unspecified atom stereocenters. The van der Waals surface area contributed by atoms with Crippen molar-refractivity contribution >= 4 is 28.4 Å². The highest BCUT2D eigenvalue weighted by molar-refractivity contribution is 7.98. The summed E-state index contributed by atoms with van der Waals surface area (Å²) in [6.45, 7) is 0.829. The van der Waals surface area contributed by atoms with Crippen molar-refractivity contribution in [1.82, 2.24) is 4.57 Å². The monoisotopic (exact) mass is 250 g/mol. The highest BCUT2D eigenvalue weighted by atomic mass is 32.2. The second kappa shape index (κ2) is 5.23. The Morgan fingerprint density at radius 1 is 1.41 bits per heavy atom. The number of nitro groups is 1. The van der Waals surface area contributed by atoms with Gasteiger partial charge in [-0.3, -0.25) is 10.1 Å². The minimum Gasteiger partial charge on any atom is -0.342 e. The van der Waals surface area contributed by atoms with Crippen LogP contribution in [0.25, 0.3) is 10.9 Å². The number of rotatable bonds is 5. The third-order valence-electron chi connectivity index (χ3n) is 2.71. The number of thioether (sulfide) groups is 1. The predicted octanol–water partition coefficient (Wildman–Crippen LogP) is 3.30. The fourth-order valence-corrected chi connectivity index (χ4v) is 2.37. The Bertz CT molecular complexity index is 536. The molecule has 17 heavy (non-hydrogen) atoms. The maximum absolute atomic E-state index is 11.0. The molecule has 5 heteroatoms. The number of non-ortho nitro benzene ring substituents is 1. The van der Waals surface area contributed by atoms with Gasteiger partial charge in [-0.15, -0.1) is 0 Å². The highest BCUT2D eigenvalue weighted by Crippen LogP contribution is 2.26. The molecular formula is C12H14N2O2S. The van der Waals surface area contributed by atoms with Crippen LogP contribution in [0.5, 0.6) is 0 Å². The van der Waals surface area contributed by atoms with Crippen LogP contribution in [0.15, 0.2) is 30.5 Å². The van der Waals surface area contributed by atoms with Crippen molar-refractivity contribution in [2.24, 2.45) is 0 Å². The van der Waals surface area contributed by atoms with E-state index in [9.17, 15) is 10.1 Å². The van der Waals surface area contributed by atoms with Gasteiger partial charge in [0.2, 0.25) is 0 Å². The van der Waals surface area contributed by atoms with Gasteiger partial charge in [0.15, 0.2) is 0 Å². The molecule has 0 saturated carbocycles. The van der Waals surface area contributed by atoms with Crippen molar-refractivity contribution in [3.63, 3.8) is 0 Å². The number of aromatic nitrogens is 1. The molecule has 0 amide bonds. The van der Waals surface area contributed by atoms with Crippen molar-refractivity contribution in [2.45, 2.75) is 13.0 Å². The summed E-state index contributed by atoms with van der Waals surface area (Å²) in [7, 11) is 0. The molecule has 1 heterocycles. The first kappa shape index (κ1) is 12.0. The van der Waals surface area contributed by atoms with Crippen LogP contribution >= 0.6 is 11.8 Å². The van der Waals surface area contributed by atoms with E-state index in [4.69, 9.17) is 0 Å². The molecule has 4 nitrogen and oxygen atoms in total. The molecule has 2 aromatic rings. The van der Waals surface area contributed by atoms with Crippen LogP contribution in [0.3, 0.4) is 0 Å². The van der Waals surface area contributed by atoms with E-state index in [0.29, 0.717) is 0 Å². The van der Waals surface area contributed by atoms with Crippen molar-refractivity contribution < 1.29 is 4.92 Å². The van der Waals surface area contributed by atoms with E-state index < -0.39 is 0 Å². The first-order chi connectivity index (χ1) is 8.24. The summed E-state index contributed by atoms with van der Waals surface area (Å²) in [6.07, 6.45) is 5.02. The average Bonchev–Trinajstić information content (AvgIpc) is 2.73. The number of nitrogens with zero attached hydrogens (tertiary/aromatic N) is 2. The molecule has 0 fully saturated rings. The number of hydrogen-bond acceptors (Lipinski definition) is 3. The molecule has 1 aromatic carbocycles. The number of aryl methyl sites for hydroxylation is 1. The second-order valence-corrected chi connectivity index (χ2v) is 4.81. The average molecular weight is 250 g/mol. The third kappa shape index (κ3) is 2.44. The van der Waals surface area contributed by atoms with Crippen molar-refractivity contribution in [2.75, 3.05) is 12.0 Å². The molecule has 0 aliphatic carbocycles. The minimum atomic E-state index is -0.312. The number of benzene rings is 1. The SMILES string of the molecule is CSCCCn1ccc2cccc([N+](=O)[O-])c21. The predicted molar refractivity (Wildman–Crippen MR) is 71.6 cm³/mol. The fourth-order valence-electron chi connectivity index (χ4n) is 1.95. The summed E-state index contributed by atoms with van der Waals surface area (Å²) in [4.78, 5) is 10.7. The van der Waals surface area contributed by atoms with Crippen LogP contribution < -0.4 is 0 Å². The first-order valence-corrected chi connectivity index (χ1v) is 6.84. The van der Waals surface area contributed by atoms with E-state index >= 15 is 0 Å². The van der Waals surface area contributed by atoms with Crippen molar-refractivity contribution in [3.05, 3.63) is 40.6 Å². The Labute approximate surface area is 104 Å². The molecule has 0 aliphatic heterocycles. The quantitative estimate of drug-likeness (QED) is 0.464. The first-order valence-electron chi connectivity index (χ1n) is 5.45. The summed E-state index contributed by atoms with van der Waals surface area (Å²) >= 11 is 1.79. The van der Waals surface area contributed by atoms with Gasteiger partial charge in [-0.2, -0.15) is 11.8 Å². The number of nitro benzene ring substituents is 1. The van der Waals surface area contributed by atoms with Crippen LogP contribution in [0.1, 0.15) is 6.42 Å². The van der Waals surface area contributed by atoms with E-state index in [0.717, 1.165) is 29.6 Å². The molecular weight excluding hydrogens is 236 g/mol. The summed E-state index contributed by atoms with van der Waals surface area (Å²) in [5.41, 5.74) is 0.926. The molecule has 1 aromatic heterocycles. The van der Waals surface area contributed by atoms with Gasteiger partial charge >= 0.3 is 0 Å². The summed E-state index contributed by atoms with van der Waals surface area (Å²) < 4.78 is 1.98. The van der Waals surface area contributed by atoms with Crippen LogP contribution in [-0.2, 0) is 6.54 Å². The largest absolute Gasteiger partial charge is 0.342 e. The third-order valence-corrected chi connectivity index (χ3v) is 3.41. The maximum atomic E-state index is 11.0. The van der Waals surface area contributed by atoms with E-state index in [1.165, 1.54) is 0 Å². The van der Waals surface area contributed by atoms with Crippen LogP contribution in [0.2, 0.25) is 0 Å². The van der Waals surface area contributed by atoms with Gasteiger partial charge in [0.1, 0.15) is 5.52 Å². The van der Waals surface area contributed by atoms with Crippen molar-refractivity contribution in [3.8, 4) is 0 Å². The van der Waals surface area contributed by atoms with Gasteiger partial charge in [0, 0.05) is 24.2 Å². The topological polar surface area (TPSA) is 48.1 Å². The van der Waals surface area contributed by atoms with Crippen LogP contribution in [0.4, 0.5) is 5.69 Å². The maximum Gasteiger partial charge on any atom is 0.293 e. The van der Waals surface area contributed by atoms with E-state index in [2.05, 4.69) is 6.26 Å². The lowest BCUT2D eigenvalue weighted by Crippen LogP contribution is -2.00. The fraction of sp³-hybridized carbons (Fsp3) is 0.333. The van der Waals surface area contributed by atoms with Gasteiger partial charge in [-0.25, -0.2) is 0 Å². The molecule has 0 spiro atoms. The lowest BCUT2D eigenvalue weighted by atomic mass is 10.2. The molecule has 0 saturated heterocycles. The molecule has 90 valence electrons. The Balaban J connectivity index is 2.39. The van der Waals surface area contributed by atoms with E-state index in [1.54, 1.807) is 23.9 Å². The number of para-hydroxylation sites is 1. The zero-order valence-electron chi connectivity index (χ0n) is 9.63. The molecule has 2 rings (SSSR count). The van der Waals surface area contributed by atoms with Crippen LogP contribution in [-0.4, -0.2) is 21.5 Å². The zero-order chi connectivity index (χ0) is 12.3. The Morgan fingerprint density at radius 3 is 2.94 bits per heavy atom. The van der Waals surface area contributed by atoms with Gasteiger partial charge in [0.05, 0.1) is 4.92 Å². The molecule has 0 N–H and O–H groups in total. The van der Waals surface area contributed by atoms with Gasteiger partial charge in [0.25, 0.3) is 5.69 Å². The minimum absolute atomic E-state index is 0.191. The van der Waals surface area contributed by atoms with Gasteiger partial charge in [-0.1, -0.05) is 12.1 Å². The molecule has 0 atom stereocenters. The highest BCUT2D eigenvalue weighted by Gasteiger charge is 2.14. The van der Waals surface area contributed by atoms with E-state index in [-0.39, 0.29) is 10.6 Å². The molecule has 0 aliphatic rings.